The van der Waals surface area contributed by atoms with Gasteiger partial charge in [0.1, 0.15) is 11.4 Å². The second-order valence-corrected chi connectivity index (χ2v) is 8.50. The monoisotopic (exact) mass is 417 g/mol. The quantitative estimate of drug-likeness (QED) is 0.604. The fraction of sp³-hybridized carbons (Fsp3) is 0.316. The van der Waals surface area contributed by atoms with Crippen LogP contribution in [0, 0.1) is 5.82 Å². The summed E-state index contributed by atoms with van der Waals surface area (Å²) in [5.74, 6) is -0.307. The number of methoxy groups -OCH3 is 1. The Morgan fingerprint density at radius 2 is 2.07 bits per heavy atom. The molecule has 4 rings (SSSR count). The molecule has 0 amide bonds. The van der Waals surface area contributed by atoms with Gasteiger partial charge in [0.2, 0.25) is 10.0 Å². The third kappa shape index (κ3) is 4.28. The fourth-order valence-corrected chi connectivity index (χ4v) is 4.09. The molecule has 1 N–H and O–H groups in total. The Bertz CT molecular complexity index is 1110. The molecule has 0 radical (unpaired) electrons. The Labute approximate surface area is 167 Å². The van der Waals surface area contributed by atoms with E-state index in [0.29, 0.717) is 23.9 Å². The lowest BCUT2D eigenvalue weighted by atomic mass is 10.2. The molecule has 8 nitrogen and oxygen atoms in total. The molecule has 0 saturated heterocycles. The van der Waals surface area contributed by atoms with E-state index in [1.165, 1.54) is 19.2 Å². The van der Waals surface area contributed by atoms with Crippen molar-refractivity contribution in [2.45, 2.75) is 30.2 Å². The Hall–Kier alpha value is -2.85. The molecule has 1 aromatic carbocycles. The van der Waals surface area contributed by atoms with Gasteiger partial charge in [0.25, 0.3) is 0 Å². The van der Waals surface area contributed by atoms with E-state index in [9.17, 15) is 12.8 Å². The standard InChI is InChI=1S/C19H20FN5O3S/c1-28-19-5-4-14(10-15(19)20)29(26,27)23-8-9-25-18(13-2-3-13)11-16(24-25)17-12-21-6-7-22-17/h4-7,10-13,23H,2-3,8-9H2,1H3. The molecule has 0 spiro atoms. The number of halogens is 1. The molecule has 2 heterocycles. The van der Waals surface area contributed by atoms with Crippen molar-refractivity contribution in [2.24, 2.45) is 0 Å². The van der Waals surface area contributed by atoms with Crippen LogP contribution in [-0.2, 0) is 16.6 Å². The minimum Gasteiger partial charge on any atom is -0.494 e. The van der Waals surface area contributed by atoms with Crippen LogP contribution in [-0.4, -0.2) is 41.8 Å². The molecule has 29 heavy (non-hydrogen) atoms. The Morgan fingerprint density at radius 1 is 1.24 bits per heavy atom. The van der Waals surface area contributed by atoms with Gasteiger partial charge in [-0.15, -0.1) is 0 Å². The molecule has 1 saturated carbocycles. The molecule has 0 bridgehead atoms. The normalized spacial score (nSPS) is 14.1. The number of nitrogens with zero attached hydrogens (tertiary/aromatic N) is 4. The van der Waals surface area contributed by atoms with E-state index in [1.807, 2.05) is 6.07 Å². The lowest BCUT2D eigenvalue weighted by Gasteiger charge is -2.10. The average Bonchev–Trinajstić information content (AvgIpc) is 3.48. The molecular formula is C19H20FN5O3S. The first-order valence-electron chi connectivity index (χ1n) is 9.15. The van der Waals surface area contributed by atoms with Crippen molar-refractivity contribution in [2.75, 3.05) is 13.7 Å². The first-order valence-corrected chi connectivity index (χ1v) is 10.6. The summed E-state index contributed by atoms with van der Waals surface area (Å²) in [5.41, 5.74) is 2.43. The number of ether oxygens (including phenoxy) is 1. The summed E-state index contributed by atoms with van der Waals surface area (Å²) >= 11 is 0. The van der Waals surface area contributed by atoms with Crippen LogP contribution in [0.25, 0.3) is 11.4 Å². The first-order chi connectivity index (χ1) is 14.0. The lowest BCUT2D eigenvalue weighted by molar-refractivity contribution is 0.385. The van der Waals surface area contributed by atoms with Crippen LogP contribution in [0.15, 0.2) is 47.8 Å². The van der Waals surface area contributed by atoms with Gasteiger partial charge in [-0.3, -0.25) is 14.6 Å². The van der Waals surface area contributed by atoms with E-state index in [4.69, 9.17) is 4.74 Å². The number of hydrogen-bond acceptors (Lipinski definition) is 6. The smallest absolute Gasteiger partial charge is 0.240 e. The molecule has 152 valence electrons. The van der Waals surface area contributed by atoms with Crippen LogP contribution >= 0.6 is 0 Å². The van der Waals surface area contributed by atoms with Gasteiger partial charge in [-0.25, -0.2) is 17.5 Å². The van der Waals surface area contributed by atoms with Gasteiger partial charge in [0.05, 0.1) is 24.7 Å². The van der Waals surface area contributed by atoms with Crippen molar-refractivity contribution in [1.82, 2.24) is 24.5 Å². The Morgan fingerprint density at radius 3 is 2.72 bits per heavy atom. The van der Waals surface area contributed by atoms with Gasteiger partial charge in [-0.05, 0) is 37.1 Å². The molecule has 0 atom stereocenters. The van der Waals surface area contributed by atoms with Crippen molar-refractivity contribution >= 4 is 10.0 Å². The zero-order valence-corrected chi connectivity index (χ0v) is 16.6. The van der Waals surface area contributed by atoms with E-state index >= 15 is 0 Å². The van der Waals surface area contributed by atoms with Gasteiger partial charge in [0, 0.05) is 30.6 Å². The minimum atomic E-state index is -3.85. The molecule has 0 aliphatic heterocycles. The predicted octanol–water partition coefficient (Wildman–Crippen LogP) is 2.34. The fourth-order valence-electron chi connectivity index (χ4n) is 3.06. The molecule has 2 aromatic heterocycles. The van der Waals surface area contributed by atoms with Crippen molar-refractivity contribution in [3.05, 3.63) is 54.4 Å². The zero-order valence-electron chi connectivity index (χ0n) is 15.7. The second-order valence-electron chi connectivity index (χ2n) is 6.74. The lowest BCUT2D eigenvalue weighted by Crippen LogP contribution is -2.28. The van der Waals surface area contributed by atoms with E-state index < -0.39 is 15.8 Å². The van der Waals surface area contributed by atoms with Crippen LogP contribution in [0.1, 0.15) is 24.5 Å². The highest BCUT2D eigenvalue weighted by Gasteiger charge is 2.28. The SMILES string of the molecule is COc1ccc(S(=O)(=O)NCCn2nc(-c3cnccn3)cc2C2CC2)cc1F. The highest BCUT2D eigenvalue weighted by molar-refractivity contribution is 7.89. The van der Waals surface area contributed by atoms with Gasteiger partial charge in [-0.2, -0.15) is 5.10 Å². The summed E-state index contributed by atoms with van der Waals surface area (Å²) in [6, 6.07) is 5.52. The largest absolute Gasteiger partial charge is 0.494 e. The number of rotatable bonds is 8. The summed E-state index contributed by atoms with van der Waals surface area (Å²) in [4.78, 5) is 8.18. The van der Waals surface area contributed by atoms with E-state index in [1.54, 1.807) is 23.3 Å². The van der Waals surface area contributed by atoms with Crippen LogP contribution in [0.3, 0.4) is 0 Å². The maximum Gasteiger partial charge on any atom is 0.240 e. The zero-order chi connectivity index (χ0) is 20.4. The maximum absolute atomic E-state index is 13.8. The molecular weight excluding hydrogens is 397 g/mol. The number of aromatic nitrogens is 4. The summed E-state index contributed by atoms with van der Waals surface area (Å²) in [5, 5.41) is 4.57. The van der Waals surface area contributed by atoms with E-state index in [2.05, 4.69) is 19.8 Å². The van der Waals surface area contributed by atoms with Crippen molar-refractivity contribution in [1.29, 1.82) is 0 Å². The Kier molecular flexibility index (Phi) is 5.29. The summed E-state index contributed by atoms with van der Waals surface area (Å²) in [6.07, 6.45) is 7.02. The topological polar surface area (TPSA) is 99.0 Å². The van der Waals surface area contributed by atoms with Crippen LogP contribution in [0.2, 0.25) is 0 Å². The maximum atomic E-state index is 13.8. The highest BCUT2D eigenvalue weighted by atomic mass is 32.2. The van der Waals surface area contributed by atoms with E-state index in [-0.39, 0.29) is 17.2 Å². The molecule has 10 heteroatoms. The third-order valence-electron chi connectivity index (χ3n) is 4.68. The van der Waals surface area contributed by atoms with Gasteiger partial charge < -0.3 is 4.74 Å². The predicted molar refractivity (Wildman–Crippen MR) is 103 cm³/mol. The molecule has 0 unspecified atom stereocenters. The summed E-state index contributed by atoms with van der Waals surface area (Å²) in [7, 11) is -2.53. The van der Waals surface area contributed by atoms with Crippen molar-refractivity contribution in [3.63, 3.8) is 0 Å². The molecule has 1 aliphatic carbocycles. The molecule has 1 fully saturated rings. The first kappa shape index (κ1) is 19.5. The van der Waals surface area contributed by atoms with E-state index in [0.717, 1.165) is 24.6 Å². The van der Waals surface area contributed by atoms with Gasteiger partial charge >= 0.3 is 0 Å². The van der Waals surface area contributed by atoms with Gasteiger partial charge in [0.15, 0.2) is 11.6 Å². The van der Waals surface area contributed by atoms with Crippen LogP contribution < -0.4 is 9.46 Å². The second kappa shape index (κ2) is 7.88. The summed E-state index contributed by atoms with van der Waals surface area (Å²) in [6.45, 7) is 0.473. The summed E-state index contributed by atoms with van der Waals surface area (Å²) < 4.78 is 47.9. The van der Waals surface area contributed by atoms with Crippen molar-refractivity contribution < 1.29 is 17.5 Å². The average molecular weight is 417 g/mol. The van der Waals surface area contributed by atoms with Crippen LogP contribution in [0.5, 0.6) is 5.75 Å². The molecule has 3 aromatic rings. The Balaban J connectivity index is 1.48. The number of sulfonamides is 1. The number of nitrogens with one attached hydrogen (secondary N) is 1. The third-order valence-corrected chi connectivity index (χ3v) is 6.14. The highest BCUT2D eigenvalue weighted by Crippen LogP contribution is 2.41. The molecule has 1 aliphatic rings. The number of benzene rings is 1. The van der Waals surface area contributed by atoms with Crippen LogP contribution in [0.4, 0.5) is 4.39 Å². The van der Waals surface area contributed by atoms with Gasteiger partial charge in [-0.1, -0.05) is 0 Å². The minimum absolute atomic E-state index is 0.00823. The number of hydrogen-bond donors (Lipinski definition) is 1. The van der Waals surface area contributed by atoms with Crippen molar-refractivity contribution in [3.8, 4) is 17.1 Å².